The molecule has 0 spiro atoms. The van der Waals surface area contributed by atoms with Gasteiger partial charge in [0.1, 0.15) is 5.82 Å². The Bertz CT molecular complexity index is 514. The average Bonchev–Trinajstić information content (AvgIpc) is 2.85. The first-order valence-electron chi connectivity index (χ1n) is 6.45. The molecule has 1 fully saturated rings. The predicted molar refractivity (Wildman–Crippen MR) is 72.4 cm³/mol. The molecule has 1 aromatic rings. The van der Waals surface area contributed by atoms with Gasteiger partial charge < -0.3 is 10.0 Å². The van der Waals surface area contributed by atoms with Crippen LogP contribution >= 0.6 is 11.8 Å². The van der Waals surface area contributed by atoms with Crippen molar-refractivity contribution < 1.29 is 14.3 Å². The zero-order valence-electron chi connectivity index (χ0n) is 10.6. The summed E-state index contributed by atoms with van der Waals surface area (Å²) in [5.41, 5.74) is 0.738. The molecule has 1 N–H and O–H groups in total. The van der Waals surface area contributed by atoms with Gasteiger partial charge in [0.25, 0.3) is 5.91 Å². The number of carbonyl (C=O) groups is 1. The molecule has 19 heavy (non-hydrogen) atoms. The Kier molecular flexibility index (Phi) is 3.27. The minimum Gasteiger partial charge on any atom is -0.379 e. The summed E-state index contributed by atoms with van der Waals surface area (Å²) in [5, 5.41) is 10.3. The van der Waals surface area contributed by atoms with Crippen molar-refractivity contribution in [1.82, 2.24) is 4.90 Å². The largest absolute Gasteiger partial charge is 0.379 e. The molecular weight excluding hydrogens is 265 g/mol. The molecule has 3 rings (SSSR count). The lowest BCUT2D eigenvalue weighted by molar-refractivity contribution is -0.149. The number of fused-ring (bicyclic) bond motifs is 1. The van der Waals surface area contributed by atoms with E-state index in [1.54, 1.807) is 22.7 Å². The second-order valence-corrected chi connectivity index (χ2v) is 6.33. The highest BCUT2D eigenvalue weighted by atomic mass is 32.2. The molecule has 0 aromatic heterocycles. The number of aliphatic hydroxyl groups is 1. The summed E-state index contributed by atoms with van der Waals surface area (Å²) in [4.78, 5) is 14.0. The standard InChI is InChI=1S/C14H16FNO2S/c15-12-2-1-10-3-5-16(8-11(10)7-12)13(17)14(18)4-6-19-9-14/h1-2,7,18H,3-6,8-9H2. The van der Waals surface area contributed by atoms with Gasteiger partial charge in [-0.15, -0.1) is 0 Å². The molecule has 5 heteroatoms. The van der Waals surface area contributed by atoms with Gasteiger partial charge in [0.15, 0.2) is 5.60 Å². The van der Waals surface area contributed by atoms with E-state index in [2.05, 4.69) is 0 Å². The van der Waals surface area contributed by atoms with Gasteiger partial charge in [0.2, 0.25) is 0 Å². The molecule has 1 unspecified atom stereocenters. The first-order chi connectivity index (χ1) is 9.08. The molecule has 1 saturated heterocycles. The summed E-state index contributed by atoms with van der Waals surface area (Å²) in [5.74, 6) is 0.815. The maximum absolute atomic E-state index is 13.2. The monoisotopic (exact) mass is 281 g/mol. The number of rotatable bonds is 1. The minimum atomic E-state index is -1.21. The molecule has 1 atom stereocenters. The quantitative estimate of drug-likeness (QED) is 0.849. The van der Waals surface area contributed by atoms with E-state index >= 15 is 0 Å². The summed E-state index contributed by atoms with van der Waals surface area (Å²) >= 11 is 1.60. The van der Waals surface area contributed by atoms with Gasteiger partial charge >= 0.3 is 0 Å². The Morgan fingerprint density at radius 2 is 2.26 bits per heavy atom. The molecule has 1 amide bonds. The highest BCUT2D eigenvalue weighted by Crippen LogP contribution is 2.31. The van der Waals surface area contributed by atoms with Crippen molar-refractivity contribution in [3.05, 3.63) is 35.1 Å². The first kappa shape index (κ1) is 12.9. The highest BCUT2D eigenvalue weighted by Gasteiger charge is 2.42. The number of amides is 1. The average molecular weight is 281 g/mol. The number of hydrogen-bond acceptors (Lipinski definition) is 3. The maximum Gasteiger partial charge on any atom is 0.255 e. The van der Waals surface area contributed by atoms with Gasteiger partial charge in [0, 0.05) is 18.8 Å². The predicted octanol–water partition coefficient (Wildman–Crippen LogP) is 1.58. The smallest absolute Gasteiger partial charge is 0.255 e. The molecule has 0 saturated carbocycles. The maximum atomic E-state index is 13.2. The molecule has 2 heterocycles. The van der Waals surface area contributed by atoms with Crippen LogP contribution in [0.15, 0.2) is 18.2 Å². The van der Waals surface area contributed by atoms with E-state index in [4.69, 9.17) is 0 Å². The number of halogens is 1. The van der Waals surface area contributed by atoms with Gasteiger partial charge in [-0.3, -0.25) is 4.79 Å². The van der Waals surface area contributed by atoms with Gasteiger partial charge in [-0.1, -0.05) is 6.07 Å². The minimum absolute atomic E-state index is 0.201. The van der Waals surface area contributed by atoms with Crippen LogP contribution in [0, 0.1) is 5.82 Å². The zero-order valence-corrected chi connectivity index (χ0v) is 11.4. The number of benzene rings is 1. The number of thioether (sulfide) groups is 1. The third kappa shape index (κ3) is 2.37. The summed E-state index contributed by atoms with van der Waals surface area (Å²) in [6, 6.07) is 4.73. The van der Waals surface area contributed by atoms with Crippen LogP contribution in [0.3, 0.4) is 0 Å². The van der Waals surface area contributed by atoms with Gasteiger partial charge in [0.05, 0.1) is 0 Å². The van der Waals surface area contributed by atoms with Crippen LogP contribution in [-0.2, 0) is 17.8 Å². The van der Waals surface area contributed by atoms with E-state index in [1.165, 1.54) is 12.1 Å². The summed E-state index contributed by atoms with van der Waals surface area (Å²) < 4.78 is 13.2. The fourth-order valence-electron chi connectivity index (χ4n) is 2.72. The molecule has 1 aromatic carbocycles. The second-order valence-electron chi connectivity index (χ2n) is 5.22. The molecule has 2 aliphatic rings. The van der Waals surface area contributed by atoms with Crippen LogP contribution in [0.1, 0.15) is 17.5 Å². The number of carbonyl (C=O) groups excluding carboxylic acids is 1. The lowest BCUT2D eigenvalue weighted by Crippen LogP contribution is -2.50. The van der Waals surface area contributed by atoms with Gasteiger partial charge in [-0.25, -0.2) is 4.39 Å². The highest BCUT2D eigenvalue weighted by molar-refractivity contribution is 7.99. The Morgan fingerprint density at radius 3 is 3.00 bits per heavy atom. The third-order valence-electron chi connectivity index (χ3n) is 3.87. The molecule has 0 radical (unpaired) electrons. The van der Waals surface area contributed by atoms with Gasteiger partial charge in [-0.2, -0.15) is 11.8 Å². The number of nitrogens with zero attached hydrogens (tertiary/aromatic N) is 1. The topological polar surface area (TPSA) is 40.5 Å². The van der Waals surface area contributed by atoms with E-state index in [0.29, 0.717) is 25.3 Å². The Labute approximate surface area is 115 Å². The van der Waals surface area contributed by atoms with E-state index in [1.807, 2.05) is 0 Å². The molecular formula is C14H16FNO2S. The molecule has 0 bridgehead atoms. The summed E-state index contributed by atoms with van der Waals surface area (Å²) in [7, 11) is 0. The summed E-state index contributed by atoms with van der Waals surface area (Å²) in [6.45, 7) is 1.00. The zero-order chi connectivity index (χ0) is 13.5. The van der Waals surface area contributed by atoms with Crippen molar-refractivity contribution in [1.29, 1.82) is 0 Å². The SMILES string of the molecule is O=C(N1CCc2ccc(F)cc2C1)C1(O)CCSC1. The lowest BCUT2D eigenvalue weighted by atomic mass is 9.96. The fraction of sp³-hybridized carbons (Fsp3) is 0.500. The Hall–Kier alpha value is -1.07. The fourth-order valence-corrected chi connectivity index (χ4v) is 3.95. The van der Waals surface area contributed by atoms with Crippen molar-refractivity contribution in [3.63, 3.8) is 0 Å². The molecule has 2 aliphatic heterocycles. The van der Waals surface area contributed by atoms with Crippen LogP contribution in [0.2, 0.25) is 0 Å². The normalized spacial score (nSPS) is 26.3. The van der Waals surface area contributed by atoms with Crippen LogP contribution in [0.5, 0.6) is 0 Å². The molecule has 102 valence electrons. The van der Waals surface area contributed by atoms with Crippen LogP contribution < -0.4 is 0 Å². The molecule has 0 aliphatic carbocycles. The van der Waals surface area contributed by atoms with Crippen LogP contribution in [-0.4, -0.2) is 39.6 Å². The van der Waals surface area contributed by atoms with E-state index in [9.17, 15) is 14.3 Å². The first-order valence-corrected chi connectivity index (χ1v) is 7.61. The van der Waals surface area contributed by atoms with Crippen molar-refractivity contribution >= 4 is 17.7 Å². The number of hydrogen-bond donors (Lipinski definition) is 1. The molecule has 3 nitrogen and oxygen atoms in total. The van der Waals surface area contributed by atoms with Crippen LogP contribution in [0.25, 0.3) is 0 Å². The second kappa shape index (κ2) is 4.80. The third-order valence-corrected chi connectivity index (χ3v) is 5.04. The Balaban J connectivity index is 1.80. The summed E-state index contributed by atoms with van der Waals surface area (Å²) in [6.07, 6.45) is 1.24. The lowest BCUT2D eigenvalue weighted by Gasteiger charge is -2.34. The van der Waals surface area contributed by atoms with Crippen LogP contribution in [0.4, 0.5) is 4.39 Å². The Morgan fingerprint density at radius 1 is 1.42 bits per heavy atom. The van der Waals surface area contributed by atoms with Crippen molar-refractivity contribution in [2.24, 2.45) is 0 Å². The van der Waals surface area contributed by atoms with E-state index in [0.717, 1.165) is 23.3 Å². The van der Waals surface area contributed by atoms with Crippen molar-refractivity contribution in [2.45, 2.75) is 25.0 Å². The van der Waals surface area contributed by atoms with Crippen molar-refractivity contribution in [2.75, 3.05) is 18.1 Å². The van der Waals surface area contributed by atoms with Gasteiger partial charge in [-0.05, 0) is 41.9 Å². The van der Waals surface area contributed by atoms with E-state index < -0.39 is 5.60 Å². The van der Waals surface area contributed by atoms with Crippen molar-refractivity contribution in [3.8, 4) is 0 Å². The van der Waals surface area contributed by atoms with E-state index in [-0.39, 0.29) is 11.7 Å².